The van der Waals surface area contributed by atoms with E-state index in [-0.39, 0.29) is 5.56 Å². The largest absolute Gasteiger partial charge is 0.444 e. The molecule has 1 fully saturated rings. The van der Waals surface area contributed by atoms with Gasteiger partial charge in [-0.2, -0.15) is 0 Å². The highest BCUT2D eigenvalue weighted by Crippen LogP contribution is 2.13. The van der Waals surface area contributed by atoms with Crippen LogP contribution in [-0.2, 0) is 19.1 Å². The Bertz CT molecular complexity index is 768. The minimum absolute atomic E-state index is 0.265. The Morgan fingerprint density at radius 1 is 1.03 bits per heavy atom. The van der Waals surface area contributed by atoms with Gasteiger partial charge in [0.05, 0.1) is 0 Å². The molecule has 0 aromatic heterocycles. The summed E-state index contributed by atoms with van der Waals surface area (Å²) >= 11 is 0. The van der Waals surface area contributed by atoms with E-state index < -0.39 is 41.2 Å². The van der Waals surface area contributed by atoms with Gasteiger partial charge in [-0.3, -0.25) is 10.1 Å². The topological polar surface area (TPSA) is 123 Å². The van der Waals surface area contributed by atoms with Crippen molar-refractivity contribution in [3.05, 3.63) is 35.9 Å². The van der Waals surface area contributed by atoms with Crippen molar-refractivity contribution in [1.82, 2.24) is 16.0 Å². The molecule has 0 spiro atoms. The molecule has 1 aliphatic rings. The van der Waals surface area contributed by atoms with Crippen LogP contribution < -0.4 is 16.0 Å². The monoisotopic (exact) mass is 405 g/mol. The zero-order valence-electron chi connectivity index (χ0n) is 17.0. The molecule has 1 aromatic rings. The van der Waals surface area contributed by atoms with Gasteiger partial charge in [-0.1, -0.05) is 18.2 Å². The highest BCUT2D eigenvalue weighted by Gasteiger charge is 2.42. The van der Waals surface area contributed by atoms with Gasteiger partial charge in [0.1, 0.15) is 11.6 Å². The van der Waals surface area contributed by atoms with Crippen LogP contribution in [0.5, 0.6) is 0 Å². The fraction of sp³-hybridized carbons (Fsp3) is 0.500. The van der Waals surface area contributed by atoms with Gasteiger partial charge in [0.25, 0.3) is 5.91 Å². The first-order valence-electron chi connectivity index (χ1n) is 9.38. The van der Waals surface area contributed by atoms with E-state index in [0.717, 1.165) is 6.42 Å². The molecule has 2 atom stereocenters. The van der Waals surface area contributed by atoms with Crippen LogP contribution in [0.4, 0.5) is 4.79 Å². The summed E-state index contributed by atoms with van der Waals surface area (Å²) < 4.78 is 10.1. The number of rotatable bonds is 5. The molecule has 9 nitrogen and oxygen atoms in total. The molecular weight excluding hydrogens is 378 g/mol. The summed E-state index contributed by atoms with van der Waals surface area (Å²) in [6.45, 7) is 6.84. The number of amides is 2. The molecule has 2 amide bonds. The number of carbonyl (C=O) groups is 4. The number of hydrogen-bond acceptors (Lipinski definition) is 7. The van der Waals surface area contributed by atoms with E-state index in [0.29, 0.717) is 13.0 Å². The maximum atomic E-state index is 12.7. The van der Waals surface area contributed by atoms with Gasteiger partial charge in [-0.05, 0) is 59.2 Å². The molecule has 29 heavy (non-hydrogen) atoms. The van der Waals surface area contributed by atoms with Gasteiger partial charge in [0, 0.05) is 5.56 Å². The lowest BCUT2D eigenvalue weighted by Gasteiger charge is -2.30. The van der Waals surface area contributed by atoms with Crippen LogP contribution in [0.1, 0.15) is 50.9 Å². The van der Waals surface area contributed by atoms with Gasteiger partial charge in [0.2, 0.25) is 5.66 Å². The van der Waals surface area contributed by atoms with Gasteiger partial charge >= 0.3 is 18.0 Å². The smallest absolute Gasteiger partial charge is 0.409 e. The molecule has 9 heteroatoms. The lowest BCUT2D eigenvalue weighted by molar-refractivity contribution is -0.166. The van der Waals surface area contributed by atoms with Crippen molar-refractivity contribution in [2.24, 2.45) is 0 Å². The van der Waals surface area contributed by atoms with Crippen molar-refractivity contribution in [3.8, 4) is 0 Å². The number of ether oxygens (including phenoxy) is 2. The molecule has 1 heterocycles. The predicted molar refractivity (Wildman–Crippen MR) is 104 cm³/mol. The summed E-state index contributed by atoms with van der Waals surface area (Å²) in [6, 6.07) is 7.53. The summed E-state index contributed by atoms with van der Waals surface area (Å²) in [5.74, 6) is -2.52. The molecule has 1 aromatic carbocycles. The molecule has 1 aliphatic heterocycles. The first kappa shape index (κ1) is 22.4. The molecule has 2 unspecified atom stereocenters. The molecule has 0 aliphatic carbocycles. The normalized spacial score (nSPS) is 18.3. The van der Waals surface area contributed by atoms with E-state index in [9.17, 15) is 19.2 Å². The number of benzene rings is 1. The third-order valence-electron chi connectivity index (χ3n) is 4.10. The zero-order valence-corrected chi connectivity index (χ0v) is 17.0. The van der Waals surface area contributed by atoms with Crippen LogP contribution >= 0.6 is 0 Å². The van der Waals surface area contributed by atoms with Crippen LogP contribution in [0.2, 0.25) is 0 Å². The minimum Gasteiger partial charge on any atom is -0.444 e. The van der Waals surface area contributed by atoms with Gasteiger partial charge in [-0.25, -0.2) is 14.4 Å². The molecule has 0 bridgehead atoms. The Morgan fingerprint density at radius 3 is 2.24 bits per heavy atom. The first-order valence-corrected chi connectivity index (χ1v) is 9.38. The number of nitrogens with one attached hydrogen (secondary N) is 3. The Kier molecular flexibility index (Phi) is 6.97. The average Bonchev–Trinajstić information content (AvgIpc) is 3.15. The summed E-state index contributed by atoms with van der Waals surface area (Å²) in [5, 5.41) is 7.66. The standard InChI is InChI=1S/C20H27N3O6/c1-19(2,3)29-18(27)23-20(4,22-15(24)13-9-6-5-7-10-13)17(26)28-16(25)14-11-8-12-21-14/h5-7,9-10,14,21H,8,11-12H2,1-4H3,(H,22,24)(H,23,27). The fourth-order valence-corrected chi connectivity index (χ4v) is 2.68. The SMILES string of the molecule is CC(C)(C)OC(=O)NC(C)(NC(=O)c1ccccc1)C(=O)OC(=O)C1CCCN1. The van der Waals surface area contributed by atoms with Gasteiger partial charge in [0.15, 0.2) is 0 Å². The Morgan fingerprint density at radius 2 is 1.69 bits per heavy atom. The van der Waals surface area contributed by atoms with Crippen LogP contribution in [-0.4, -0.2) is 47.8 Å². The van der Waals surface area contributed by atoms with E-state index >= 15 is 0 Å². The van der Waals surface area contributed by atoms with Crippen molar-refractivity contribution in [2.45, 2.75) is 57.8 Å². The van der Waals surface area contributed by atoms with Crippen LogP contribution in [0.25, 0.3) is 0 Å². The van der Waals surface area contributed by atoms with Crippen molar-refractivity contribution in [1.29, 1.82) is 0 Å². The van der Waals surface area contributed by atoms with E-state index in [2.05, 4.69) is 16.0 Å². The maximum Gasteiger partial charge on any atom is 0.409 e. The molecule has 158 valence electrons. The van der Waals surface area contributed by atoms with Crippen molar-refractivity contribution in [2.75, 3.05) is 6.54 Å². The fourth-order valence-electron chi connectivity index (χ4n) is 2.68. The van der Waals surface area contributed by atoms with Crippen LogP contribution in [0, 0.1) is 0 Å². The highest BCUT2D eigenvalue weighted by molar-refractivity contribution is 6.01. The Balaban J connectivity index is 2.18. The Labute approximate surface area is 169 Å². The number of carbonyl (C=O) groups excluding carboxylic acids is 4. The van der Waals surface area contributed by atoms with Crippen LogP contribution in [0.3, 0.4) is 0 Å². The third-order valence-corrected chi connectivity index (χ3v) is 4.10. The summed E-state index contributed by atoms with van der Waals surface area (Å²) in [7, 11) is 0. The summed E-state index contributed by atoms with van der Waals surface area (Å²) in [5.41, 5.74) is -2.59. The van der Waals surface area contributed by atoms with Crippen molar-refractivity contribution >= 4 is 23.9 Å². The van der Waals surface area contributed by atoms with Crippen molar-refractivity contribution < 1.29 is 28.7 Å². The van der Waals surface area contributed by atoms with Gasteiger partial charge < -0.3 is 20.1 Å². The maximum absolute atomic E-state index is 12.7. The average molecular weight is 405 g/mol. The molecule has 0 saturated carbocycles. The summed E-state index contributed by atoms with van der Waals surface area (Å²) in [6.07, 6.45) is 0.377. The quantitative estimate of drug-likeness (QED) is 0.385. The Hall–Kier alpha value is -2.94. The lowest BCUT2D eigenvalue weighted by atomic mass is 10.1. The van der Waals surface area contributed by atoms with Crippen LogP contribution in [0.15, 0.2) is 30.3 Å². The molecular formula is C20H27N3O6. The molecule has 3 N–H and O–H groups in total. The highest BCUT2D eigenvalue weighted by atomic mass is 16.6. The minimum atomic E-state index is -2.02. The summed E-state index contributed by atoms with van der Waals surface area (Å²) in [4.78, 5) is 49.8. The second kappa shape index (κ2) is 9.04. The third kappa shape index (κ3) is 6.56. The number of hydrogen-bond donors (Lipinski definition) is 3. The lowest BCUT2D eigenvalue weighted by Crippen LogP contribution is -2.65. The second-order valence-corrected chi connectivity index (χ2v) is 7.93. The second-order valence-electron chi connectivity index (χ2n) is 7.93. The zero-order chi connectivity index (χ0) is 21.7. The van der Waals surface area contributed by atoms with Gasteiger partial charge in [-0.15, -0.1) is 0 Å². The van der Waals surface area contributed by atoms with Crippen molar-refractivity contribution in [3.63, 3.8) is 0 Å². The first-order chi connectivity index (χ1) is 13.5. The van der Waals surface area contributed by atoms with E-state index in [4.69, 9.17) is 9.47 Å². The van der Waals surface area contributed by atoms with E-state index in [1.54, 1.807) is 51.1 Å². The number of alkyl carbamates (subject to hydrolysis) is 1. The van der Waals surface area contributed by atoms with E-state index in [1.807, 2.05) is 0 Å². The van der Waals surface area contributed by atoms with E-state index in [1.165, 1.54) is 6.92 Å². The number of esters is 2. The molecule has 2 rings (SSSR count). The predicted octanol–water partition coefficient (Wildman–Crippen LogP) is 1.48. The molecule has 0 radical (unpaired) electrons. The molecule has 1 saturated heterocycles.